The van der Waals surface area contributed by atoms with Gasteiger partial charge >= 0.3 is 0 Å². The van der Waals surface area contributed by atoms with Gasteiger partial charge in [0.1, 0.15) is 0 Å². The minimum absolute atomic E-state index is 0.0942. The first-order valence-electron chi connectivity index (χ1n) is 7.32. The lowest BCUT2D eigenvalue weighted by Crippen LogP contribution is -2.14. The van der Waals surface area contributed by atoms with Gasteiger partial charge in [0.05, 0.1) is 12.0 Å². The van der Waals surface area contributed by atoms with Crippen LogP contribution in [-0.2, 0) is 11.3 Å². The van der Waals surface area contributed by atoms with Gasteiger partial charge in [0.25, 0.3) is 0 Å². The first kappa shape index (κ1) is 16.8. The normalized spacial score (nSPS) is 10.8. The molecule has 3 aromatic rings. The Labute approximate surface area is 151 Å². The van der Waals surface area contributed by atoms with E-state index in [0.29, 0.717) is 23.3 Å². The number of halogens is 1. The Morgan fingerprint density at radius 1 is 1.33 bits per heavy atom. The molecular weight excluding hydrogens is 392 g/mol. The number of rotatable bonds is 6. The van der Waals surface area contributed by atoms with Crippen molar-refractivity contribution >= 4 is 39.3 Å². The van der Waals surface area contributed by atoms with Gasteiger partial charge in [-0.2, -0.15) is 0 Å². The number of thioether (sulfide) groups is 1. The summed E-state index contributed by atoms with van der Waals surface area (Å²) in [6.07, 6.45) is 1.60. The van der Waals surface area contributed by atoms with Crippen LogP contribution in [0.3, 0.4) is 0 Å². The maximum atomic E-state index is 12.1. The van der Waals surface area contributed by atoms with E-state index in [1.165, 1.54) is 11.8 Å². The maximum Gasteiger partial charge on any atom is 0.234 e. The van der Waals surface area contributed by atoms with Gasteiger partial charge < -0.3 is 9.73 Å². The molecule has 0 aliphatic rings. The fourth-order valence-electron chi connectivity index (χ4n) is 2.16. The molecule has 2 aromatic heterocycles. The molecule has 1 N–H and O–H groups in total. The van der Waals surface area contributed by atoms with Gasteiger partial charge in [0.2, 0.25) is 5.91 Å². The van der Waals surface area contributed by atoms with E-state index in [-0.39, 0.29) is 11.7 Å². The van der Waals surface area contributed by atoms with Gasteiger partial charge in [-0.3, -0.25) is 9.36 Å². The molecule has 0 saturated heterocycles. The van der Waals surface area contributed by atoms with E-state index in [1.807, 2.05) is 47.9 Å². The van der Waals surface area contributed by atoms with Crippen LogP contribution < -0.4 is 5.32 Å². The van der Waals surface area contributed by atoms with Gasteiger partial charge in [-0.15, -0.1) is 10.2 Å². The average molecular weight is 407 g/mol. The van der Waals surface area contributed by atoms with Crippen LogP contribution in [0.25, 0.3) is 11.6 Å². The average Bonchev–Trinajstić information content (AvgIpc) is 3.21. The van der Waals surface area contributed by atoms with Crippen molar-refractivity contribution < 1.29 is 9.21 Å². The first-order chi connectivity index (χ1) is 11.7. The molecule has 0 aliphatic carbocycles. The van der Waals surface area contributed by atoms with Crippen molar-refractivity contribution in [2.45, 2.75) is 18.6 Å². The van der Waals surface area contributed by atoms with Crippen molar-refractivity contribution in [2.24, 2.45) is 0 Å². The Morgan fingerprint density at radius 3 is 2.92 bits per heavy atom. The Kier molecular flexibility index (Phi) is 5.37. The van der Waals surface area contributed by atoms with Gasteiger partial charge in [-0.05, 0) is 37.3 Å². The smallest absolute Gasteiger partial charge is 0.234 e. The number of carbonyl (C=O) groups excluding carboxylic acids is 1. The number of hydrogen-bond acceptors (Lipinski definition) is 5. The number of nitrogens with zero attached hydrogens (tertiary/aromatic N) is 3. The molecule has 0 fully saturated rings. The van der Waals surface area contributed by atoms with Gasteiger partial charge in [0, 0.05) is 16.7 Å². The van der Waals surface area contributed by atoms with Crippen molar-refractivity contribution in [3.8, 4) is 11.6 Å². The van der Waals surface area contributed by atoms with Gasteiger partial charge in [-0.25, -0.2) is 0 Å². The minimum atomic E-state index is -0.0942. The predicted molar refractivity (Wildman–Crippen MR) is 96.9 cm³/mol. The monoisotopic (exact) mass is 406 g/mol. The number of anilines is 1. The van der Waals surface area contributed by atoms with Crippen molar-refractivity contribution in [3.05, 3.63) is 47.1 Å². The van der Waals surface area contributed by atoms with Crippen LogP contribution >= 0.6 is 27.7 Å². The summed E-state index contributed by atoms with van der Waals surface area (Å²) in [5.41, 5.74) is 0.753. The van der Waals surface area contributed by atoms with E-state index < -0.39 is 0 Å². The third kappa shape index (κ3) is 3.88. The molecule has 0 unspecified atom stereocenters. The second-order valence-corrected chi connectivity index (χ2v) is 6.73. The number of hydrogen-bond donors (Lipinski definition) is 1. The zero-order valence-corrected chi connectivity index (χ0v) is 15.3. The third-order valence-electron chi connectivity index (χ3n) is 3.22. The third-order valence-corrected chi connectivity index (χ3v) is 4.68. The van der Waals surface area contributed by atoms with Gasteiger partial charge in [0.15, 0.2) is 16.7 Å². The van der Waals surface area contributed by atoms with Crippen molar-refractivity contribution in [3.63, 3.8) is 0 Å². The number of aromatic nitrogens is 3. The molecular formula is C16H15BrN4O2S. The summed E-state index contributed by atoms with van der Waals surface area (Å²) in [6, 6.07) is 11.1. The molecule has 1 aromatic carbocycles. The summed E-state index contributed by atoms with van der Waals surface area (Å²) in [4.78, 5) is 12.1. The predicted octanol–water partition coefficient (Wildman–Crippen LogP) is 4.05. The SMILES string of the molecule is CCn1c(SCC(=O)Nc2cccc(Br)c2)nnc1-c1ccco1. The second kappa shape index (κ2) is 7.67. The molecule has 0 spiro atoms. The van der Waals surface area contributed by atoms with Crippen molar-refractivity contribution in [2.75, 3.05) is 11.1 Å². The highest BCUT2D eigenvalue weighted by Gasteiger charge is 2.16. The lowest BCUT2D eigenvalue weighted by atomic mass is 10.3. The van der Waals surface area contributed by atoms with E-state index in [1.54, 1.807) is 6.26 Å². The van der Waals surface area contributed by atoms with E-state index in [4.69, 9.17) is 4.42 Å². The number of carbonyl (C=O) groups is 1. The molecule has 24 heavy (non-hydrogen) atoms. The minimum Gasteiger partial charge on any atom is -0.461 e. The zero-order chi connectivity index (χ0) is 16.9. The Hall–Kier alpha value is -2.06. The summed E-state index contributed by atoms with van der Waals surface area (Å²) in [6.45, 7) is 2.69. The molecule has 0 aliphatic heterocycles. The fraction of sp³-hybridized carbons (Fsp3) is 0.188. The summed E-state index contributed by atoms with van der Waals surface area (Å²) in [5.74, 6) is 1.48. The van der Waals surface area contributed by atoms with Crippen LogP contribution in [0, 0.1) is 0 Å². The lowest BCUT2D eigenvalue weighted by Gasteiger charge is -2.07. The number of amides is 1. The van der Waals surface area contributed by atoms with E-state index in [2.05, 4.69) is 31.4 Å². The van der Waals surface area contributed by atoms with Crippen LogP contribution in [0.4, 0.5) is 5.69 Å². The lowest BCUT2D eigenvalue weighted by molar-refractivity contribution is -0.113. The number of nitrogens with one attached hydrogen (secondary N) is 1. The molecule has 0 radical (unpaired) electrons. The van der Waals surface area contributed by atoms with Crippen molar-refractivity contribution in [1.29, 1.82) is 0 Å². The Balaban J connectivity index is 1.65. The Morgan fingerprint density at radius 2 is 2.21 bits per heavy atom. The summed E-state index contributed by atoms with van der Waals surface area (Å²) in [5, 5.41) is 11.9. The molecule has 1 amide bonds. The number of benzene rings is 1. The highest BCUT2D eigenvalue weighted by atomic mass is 79.9. The van der Waals surface area contributed by atoms with Crippen LogP contribution in [0.1, 0.15) is 6.92 Å². The van der Waals surface area contributed by atoms with Crippen LogP contribution in [0.5, 0.6) is 0 Å². The fourth-order valence-corrected chi connectivity index (χ4v) is 3.36. The van der Waals surface area contributed by atoms with Crippen molar-refractivity contribution in [1.82, 2.24) is 14.8 Å². The van der Waals surface area contributed by atoms with Crippen LogP contribution in [0.2, 0.25) is 0 Å². The first-order valence-corrected chi connectivity index (χ1v) is 9.10. The second-order valence-electron chi connectivity index (χ2n) is 4.87. The van der Waals surface area contributed by atoms with E-state index in [0.717, 1.165) is 10.2 Å². The molecule has 0 bridgehead atoms. The Bertz CT molecular complexity index is 832. The highest BCUT2D eigenvalue weighted by Crippen LogP contribution is 2.24. The quantitative estimate of drug-likeness (QED) is 0.624. The summed E-state index contributed by atoms with van der Waals surface area (Å²) in [7, 11) is 0. The molecule has 0 saturated carbocycles. The largest absolute Gasteiger partial charge is 0.461 e. The topological polar surface area (TPSA) is 73.0 Å². The standard InChI is InChI=1S/C16H15BrN4O2S/c1-2-21-15(13-7-4-8-23-13)19-20-16(21)24-10-14(22)18-12-6-3-5-11(17)9-12/h3-9H,2,10H2,1H3,(H,18,22). The molecule has 8 heteroatoms. The molecule has 0 atom stereocenters. The molecule has 124 valence electrons. The van der Waals surface area contributed by atoms with Gasteiger partial charge in [-0.1, -0.05) is 33.8 Å². The molecule has 2 heterocycles. The van der Waals surface area contributed by atoms with E-state index in [9.17, 15) is 4.79 Å². The molecule has 3 rings (SSSR count). The van der Waals surface area contributed by atoms with Crippen LogP contribution in [0.15, 0.2) is 56.7 Å². The summed E-state index contributed by atoms with van der Waals surface area (Å²) < 4.78 is 8.22. The zero-order valence-electron chi connectivity index (χ0n) is 12.9. The molecule has 6 nitrogen and oxygen atoms in total. The number of furan rings is 1. The maximum absolute atomic E-state index is 12.1. The highest BCUT2D eigenvalue weighted by molar-refractivity contribution is 9.10. The van der Waals surface area contributed by atoms with E-state index >= 15 is 0 Å². The van der Waals surface area contributed by atoms with Crippen LogP contribution in [-0.4, -0.2) is 26.4 Å². The summed E-state index contributed by atoms with van der Waals surface area (Å²) >= 11 is 4.73.